The molecule has 5 heteroatoms. The minimum atomic E-state index is -0.140. The number of carbonyl (C=O) groups excluding carboxylic acids is 2. The van der Waals surface area contributed by atoms with Gasteiger partial charge in [0.2, 0.25) is 5.91 Å². The molecule has 2 amide bonds. The van der Waals surface area contributed by atoms with Gasteiger partial charge in [-0.2, -0.15) is 0 Å². The van der Waals surface area contributed by atoms with Gasteiger partial charge in [-0.05, 0) is 87.0 Å². The molecule has 0 unspecified atom stereocenters. The molecular formula is C26H30N2O2S. The van der Waals surface area contributed by atoms with E-state index in [-0.39, 0.29) is 17.4 Å². The van der Waals surface area contributed by atoms with Crippen molar-refractivity contribution in [2.45, 2.75) is 55.9 Å². The molecule has 0 saturated heterocycles. The number of para-hydroxylation sites is 1. The Balaban J connectivity index is 1.22. The summed E-state index contributed by atoms with van der Waals surface area (Å²) in [5.41, 5.74) is 2.48. The van der Waals surface area contributed by atoms with Crippen LogP contribution in [0, 0.1) is 24.7 Å². The molecule has 162 valence electrons. The molecule has 4 fully saturated rings. The minimum absolute atomic E-state index is 0.0358. The highest BCUT2D eigenvalue weighted by molar-refractivity contribution is 8.00. The fourth-order valence-corrected chi connectivity index (χ4v) is 7.27. The summed E-state index contributed by atoms with van der Waals surface area (Å²) in [6.45, 7) is 1.98. The van der Waals surface area contributed by atoms with Gasteiger partial charge in [-0.3, -0.25) is 9.59 Å². The maximum atomic E-state index is 12.9. The van der Waals surface area contributed by atoms with Gasteiger partial charge >= 0.3 is 0 Å². The number of carbonyl (C=O) groups is 2. The Morgan fingerprint density at radius 3 is 2.23 bits per heavy atom. The highest BCUT2D eigenvalue weighted by Gasteiger charge is 2.51. The molecule has 6 rings (SSSR count). The molecule has 2 N–H and O–H groups in total. The van der Waals surface area contributed by atoms with Crippen molar-refractivity contribution in [2.24, 2.45) is 17.8 Å². The number of benzene rings is 2. The number of hydrogen-bond acceptors (Lipinski definition) is 3. The molecule has 4 aliphatic carbocycles. The Bertz CT molecular complexity index is 967. The van der Waals surface area contributed by atoms with E-state index in [1.54, 1.807) is 0 Å². The lowest BCUT2D eigenvalue weighted by molar-refractivity contribution is -0.124. The predicted molar refractivity (Wildman–Crippen MR) is 125 cm³/mol. The van der Waals surface area contributed by atoms with Crippen molar-refractivity contribution in [3.8, 4) is 0 Å². The third-order valence-corrected chi connectivity index (χ3v) is 8.40. The zero-order valence-corrected chi connectivity index (χ0v) is 18.8. The van der Waals surface area contributed by atoms with Crippen LogP contribution in [-0.4, -0.2) is 23.1 Å². The second kappa shape index (κ2) is 8.34. The molecule has 0 heterocycles. The molecule has 2 aromatic carbocycles. The van der Waals surface area contributed by atoms with Crippen LogP contribution in [0.1, 0.15) is 54.4 Å². The van der Waals surface area contributed by atoms with Gasteiger partial charge in [0, 0.05) is 16.1 Å². The van der Waals surface area contributed by atoms with Crippen LogP contribution in [0.2, 0.25) is 0 Å². The van der Waals surface area contributed by atoms with Crippen LogP contribution in [0.4, 0.5) is 5.69 Å². The van der Waals surface area contributed by atoms with E-state index >= 15 is 0 Å². The number of nitrogens with one attached hydrogen (secondary N) is 2. The summed E-state index contributed by atoms with van der Waals surface area (Å²) in [6.07, 6.45) is 7.58. The van der Waals surface area contributed by atoms with E-state index < -0.39 is 0 Å². The summed E-state index contributed by atoms with van der Waals surface area (Å²) in [6, 6.07) is 15.3. The lowest BCUT2D eigenvalue weighted by Crippen LogP contribution is -2.60. The Kier molecular flexibility index (Phi) is 5.55. The first-order valence-corrected chi connectivity index (χ1v) is 12.4. The van der Waals surface area contributed by atoms with Crippen molar-refractivity contribution in [1.82, 2.24) is 5.32 Å². The largest absolute Gasteiger partial charge is 0.350 e. The standard InChI is InChI=1S/C26H30N2O2S/c1-17-6-2-4-8-22(17)27-25(30)21-7-3-5-9-23(21)31-16-24(29)28-26-13-18-10-19(14-26)12-20(11-18)15-26/h2-9,18-20H,10-16H2,1H3,(H,27,30)(H,28,29). The maximum Gasteiger partial charge on any atom is 0.256 e. The highest BCUT2D eigenvalue weighted by atomic mass is 32.2. The normalized spacial score (nSPS) is 28.4. The average Bonchev–Trinajstić information content (AvgIpc) is 2.73. The Labute approximate surface area is 188 Å². The van der Waals surface area contributed by atoms with Gasteiger partial charge in [0.15, 0.2) is 0 Å². The van der Waals surface area contributed by atoms with Crippen molar-refractivity contribution in [1.29, 1.82) is 0 Å². The van der Waals surface area contributed by atoms with E-state index in [0.29, 0.717) is 11.3 Å². The van der Waals surface area contributed by atoms with Gasteiger partial charge in [-0.25, -0.2) is 0 Å². The average molecular weight is 435 g/mol. The molecule has 0 aromatic heterocycles. The first kappa shape index (κ1) is 20.6. The van der Waals surface area contributed by atoms with Crippen LogP contribution >= 0.6 is 11.8 Å². The van der Waals surface area contributed by atoms with Gasteiger partial charge in [0.1, 0.15) is 0 Å². The first-order valence-electron chi connectivity index (χ1n) is 11.4. The zero-order chi connectivity index (χ0) is 21.4. The molecule has 0 spiro atoms. The lowest BCUT2D eigenvalue weighted by atomic mass is 9.53. The number of hydrogen-bond donors (Lipinski definition) is 2. The van der Waals surface area contributed by atoms with Crippen LogP contribution < -0.4 is 10.6 Å². The molecule has 4 aliphatic rings. The third kappa shape index (κ3) is 4.38. The summed E-state index contributed by atoms with van der Waals surface area (Å²) in [7, 11) is 0. The molecular weight excluding hydrogens is 404 g/mol. The summed E-state index contributed by atoms with van der Waals surface area (Å²) >= 11 is 1.45. The molecule has 31 heavy (non-hydrogen) atoms. The van der Waals surface area contributed by atoms with E-state index in [0.717, 1.165) is 53.2 Å². The molecule has 0 aliphatic heterocycles. The Morgan fingerprint density at radius 2 is 1.55 bits per heavy atom. The number of rotatable bonds is 6. The van der Waals surface area contributed by atoms with Gasteiger partial charge in [0.25, 0.3) is 5.91 Å². The number of aryl methyl sites for hydroxylation is 1. The smallest absolute Gasteiger partial charge is 0.256 e. The molecule has 4 nitrogen and oxygen atoms in total. The van der Waals surface area contributed by atoms with E-state index in [2.05, 4.69) is 10.6 Å². The van der Waals surface area contributed by atoms with Crippen molar-refractivity contribution < 1.29 is 9.59 Å². The second-order valence-corrected chi connectivity index (χ2v) is 10.8. The number of anilines is 1. The molecule has 0 atom stereocenters. The first-order chi connectivity index (χ1) is 15.0. The second-order valence-electron chi connectivity index (χ2n) is 9.80. The molecule has 2 aromatic rings. The third-order valence-electron chi connectivity index (χ3n) is 7.33. The van der Waals surface area contributed by atoms with Gasteiger partial charge in [0.05, 0.1) is 11.3 Å². The SMILES string of the molecule is Cc1ccccc1NC(=O)c1ccccc1SCC(=O)NC12CC3CC(CC(C3)C1)C2. The quantitative estimate of drug-likeness (QED) is 0.597. The van der Waals surface area contributed by atoms with Gasteiger partial charge in [-0.15, -0.1) is 11.8 Å². The van der Waals surface area contributed by atoms with Crippen molar-refractivity contribution >= 4 is 29.3 Å². The van der Waals surface area contributed by atoms with Crippen LogP contribution in [0.25, 0.3) is 0 Å². The Morgan fingerprint density at radius 1 is 0.935 bits per heavy atom. The predicted octanol–water partition coefficient (Wildman–Crippen LogP) is 5.42. The fourth-order valence-electron chi connectivity index (χ4n) is 6.42. The Hall–Kier alpha value is -2.27. The highest BCUT2D eigenvalue weighted by Crippen LogP contribution is 2.55. The van der Waals surface area contributed by atoms with E-state index in [1.807, 2.05) is 55.5 Å². The van der Waals surface area contributed by atoms with E-state index in [1.165, 1.54) is 31.0 Å². The topological polar surface area (TPSA) is 58.2 Å². The van der Waals surface area contributed by atoms with Crippen LogP contribution in [-0.2, 0) is 4.79 Å². The van der Waals surface area contributed by atoms with Crippen LogP contribution in [0.5, 0.6) is 0 Å². The molecule has 0 radical (unpaired) electrons. The lowest BCUT2D eigenvalue weighted by Gasteiger charge is -2.56. The summed E-state index contributed by atoms with van der Waals surface area (Å²) in [5.74, 6) is 2.73. The van der Waals surface area contributed by atoms with E-state index in [4.69, 9.17) is 0 Å². The van der Waals surface area contributed by atoms with Crippen LogP contribution in [0.3, 0.4) is 0 Å². The number of thioether (sulfide) groups is 1. The summed E-state index contributed by atoms with van der Waals surface area (Å²) in [5, 5.41) is 6.44. The van der Waals surface area contributed by atoms with Crippen molar-refractivity contribution in [3.05, 3.63) is 59.7 Å². The fraction of sp³-hybridized carbons (Fsp3) is 0.462. The van der Waals surface area contributed by atoms with Gasteiger partial charge < -0.3 is 10.6 Å². The van der Waals surface area contributed by atoms with Crippen molar-refractivity contribution in [2.75, 3.05) is 11.1 Å². The maximum absolute atomic E-state index is 12.9. The monoisotopic (exact) mass is 434 g/mol. The summed E-state index contributed by atoms with van der Waals surface area (Å²) < 4.78 is 0. The zero-order valence-electron chi connectivity index (χ0n) is 18.0. The molecule has 4 bridgehead atoms. The minimum Gasteiger partial charge on any atom is -0.350 e. The van der Waals surface area contributed by atoms with Gasteiger partial charge in [-0.1, -0.05) is 30.3 Å². The van der Waals surface area contributed by atoms with E-state index in [9.17, 15) is 9.59 Å². The van der Waals surface area contributed by atoms with Crippen molar-refractivity contribution in [3.63, 3.8) is 0 Å². The summed E-state index contributed by atoms with van der Waals surface area (Å²) in [4.78, 5) is 26.6. The van der Waals surface area contributed by atoms with Crippen LogP contribution in [0.15, 0.2) is 53.4 Å². The molecule has 4 saturated carbocycles. The number of amides is 2.